The van der Waals surface area contributed by atoms with Gasteiger partial charge >= 0.3 is 0 Å². The summed E-state index contributed by atoms with van der Waals surface area (Å²) < 4.78 is 38.3. The van der Waals surface area contributed by atoms with Crippen LogP contribution in [0.15, 0.2) is 53.4 Å². The zero-order valence-electron chi connectivity index (χ0n) is 17.4. The van der Waals surface area contributed by atoms with E-state index in [0.29, 0.717) is 17.2 Å². The second-order valence-electron chi connectivity index (χ2n) is 6.96. The molecule has 29 heavy (non-hydrogen) atoms. The van der Waals surface area contributed by atoms with Crippen molar-refractivity contribution in [1.29, 1.82) is 0 Å². The van der Waals surface area contributed by atoms with Crippen molar-refractivity contribution in [2.75, 3.05) is 25.1 Å². The van der Waals surface area contributed by atoms with Crippen molar-refractivity contribution < 1.29 is 22.7 Å². The maximum atomic E-state index is 13.4. The summed E-state index contributed by atoms with van der Waals surface area (Å²) in [5.41, 5.74) is 0.398. The molecule has 2 rings (SSSR count). The number of anilines is 1. The third kappa shape index (κ3) is 5.41. The van der Waals surface area contributed by atoms with Gasteiger partial charge in [-0.15, -0.1) is 0 Å². The van der Waals surface area contributed by atoms with Crippen LogP contribution < -0.4 is 19.1 Å². The molecule has 0 fully saturated rings. The second-order valence-corrected chi connectivity index (χ2v) is 8.83. The van der Waals surface area contributed by atoms with E-state index in [1.807, 2.05) is 20.8 Å². The first kappa shape index (κ1) is 22.5. The van der Waals surface area contributed by atoms with Crippen LogP contribution >= 0.6 is 0 Å². The van der Waals surface area contributed by atoms with Gasteiger partial charge in [0.15, 0.2) is 11.5 Å². The van der Waals surface area contributed by atoms with Gasteiger partial charge in [0, 0.05) is 12.1 Å². The number of methoxy groups -OCH3 is 2. The van der Waals surface area contributed by atoms with Crippen LogP contribution in [-0.4, -0.2) is 41.1 Å². The van der Waals surface area contributed by atoms with Gasteiger partial charge < -0.3 is 14.8 Å². The fourth-order valence-corrected chi connectivity index (χ4v) is 4.05. The van der Waals surface area contributed by atoms with Gasteiger partial charge in [-0.05, 0) is 37.1 Å². The molecule has 0 saturated heterocycles. The highest BCUT2D eigenvalue weighted by Gasteiger charge is 2.28. The van der Waals surface area contributed by atoms with Crippen LogP contribution in [-0.2, 0) is 14.8 Å². The number of nitrogens with zero attached hydrogens (tertiary/aromatic N) is 1. The largest absolute Gasteiger partial charge is 0.493 e. The Morgan fingerprint density at radius 3 is 2.17 bits per heavy atom. The minimum atomic E-state index is -4.03. The van der Waals surface area contributed by atoms with Crippen molar-refractivity contribution in [2.45, 2.75) is 31.7 Å². The van der Waals surface area contributed by atoms with E-state index >= 15 is 0 Å². The molecule has 0 aliphatic rings. The van der Waals surface area contributed by atoms with Gasteiger partial charge in [-0.1, -0.05) is 32.0 Å². The number of carbonyl (C=O) groups is 1. The minimum Gasteiger partial charge on any atom is -0.493 e. The van der Waals surface area contributed by atoms with Crippen molar-refractivity contribution in [1.82, 2.24) is 5.32 Å². The highest BCUT2D eigenvalue weighted by atomic mass is 32.2. The van der Waals surface area contributed by atoms with Crippen molar-refractivity contribution in [3.63, 3.8) is 0 Å². The molecule has 1 amide bonds. The van der Waals surface area contributed by atoms with Crippen molar-refractivity contribution in [3.8, 4) is 11.5 Å². The van der Waals surface area contributed by atoms with Crippen LogP contribution in [0.4, 0.5) is 5.69 Å². The molecule has 0 spiro atoms. The predicted octanol–water partition coefficient (Wildman–Crippen LogP) is 3.06. The fraction of sp³-hybridized carbons (Fsp3) is 0.381. The number of hydrogen-bond donors (Lipinski definition) is 1. The van der Waals surface area contributed by atoms with Gasteiger partial charge in [-0.3, -0.25) is 9.10 Å². The van der Waals surface area contributed by atoms with Crippen LogP contribution in [0, 0.1) is 5.92 Å². The molecule has 0 aliphatic carbocycles. The van der Waals surface area contributed by atoms with Crippen LogP contribution in [0.3, 0.4) is 0 Å². The van der Waals surface area contributed by atoms with E-state index in [2.05, 4.69) is 5.32 Å². The summed E-state index contributed by atoms with van der Waals surface area (Å²) in [7, 11) is -1.12. The molecular formula is C21H28N2O5S. The third-order valence-electron chi connectivity index (χ3n) is 4.66. The average Bonchev–Trinajstić information content (AvgIpc) is 2.71. The number of ether oxygens (including phenoxy) is 2. The number of amides is 1. The Morgan fingerprint density at radius 2 is 1.62 bits per heavy atom. The standard InChI is InChI=1S/C21H28N2O5S/c1-15(2)16(3)22-21(24)14-23(17-9-7-6-8-10-17)29(25,26)18-11-12-19(27-4)20(13-18)28-5/h6-13,15-16H,14H2,1-5H3,(H,22,24). The molecule has 8 heteroatoms. The molecule has 2 aromatic rings. The maximum absolute atomic E-state index is 13.4. The summed E-state index contributed by atoms with van der Waals surface area (Å²) in [6, 6.07) is 12.8. The summed E-state index contributed by atoms with van der Waals surface area (Å²) in [6.45, 7) is 5.52. The van der Waals surface area contributed by atoms with Crippen LogP contribution in [0.5, 0.6) is 11.5 Å². The Hall–Kier alpha value is -2.74. The van der Waals surface area contributed by atoms with Crippen molar-refractivity contribution >= 4 is 21.6 Å². The highest BCUT2D eigenvalue weighted by Crippen LogP contribution is 2.32. The van der Waals surface area contributed by atoms with Gasteiger partial charge in [0.2, 0.25) is 5.91 Å². The lowest BCUT2D eigenvalue weighted by molar-refractivity contribution is -0.120. The van der Waals surface area contributed by atoms with Gasteiger partial charge in [-0.25, -0.2) is 8.42 Å². The Labute approximate surface area is 172 Å². The van der Waals surface area contributed by atoms with Gasteiger partial charge in [0.05, 0.1) is 24.8 Å². The van der Waals surface area contributed by atoms with E-state index in [1.54, 1.807) is 30.3 Å². The lowest BCUT2D eigenvalue weighted by Crippen LogP contribution is -2.45. The molecule has 0 saturated carbocycles. The van der Waals surface area contributed by atoms with Gasteiger partial charge in [-0.2, -0.15) is 0 Å². The molecule has 0 aliphatic heterocycles. The Kier molecular flexibility index (Phi) is 7.50. The maximum Gasteiger partial charge on any atom is 0.264 e. The topological polar surface area (TPSA) is 84.9 Å². The first-order chi connectivity index (χ1) is 13.7. The summed E-state index contributed by atoms with van der Waals surface area (Å²) >= 11 is 0. The molecule has 0 bridgehead atoms. The number of hydrogen-bond acceptors (Lipinski definition) is 5. The Bertz CT molecular complexity index is 929. The first-order valence-electron chi connectivity index (χ1n) is 9.30. The average molecular weight is 421 g/mol. The van der Waals surface area contributed by atoms with Gasteiger partial charge in [0.1, 0.15) is 6.54 Å². The number of para-hydroxylation sites is 1. The summed E-state index contributed by atoms with van der Waals surface area (Å²) in [6.07, 6.45) is 0. The monoisotopic (exact) mass is 420 g/mol. The molecule has 7 nitrogen and oxygen atoms in total. The molecule has 1 unspecified atom stereocenters. The van der Waals surface area contributed by atoms with E-state index in [0.717, 1.165) is 4.31 Å². The van der Waals surface area contributed by atoms with Crippen LogP contribution in [0.2, 0.25) is 0 Å². The predicted molar refractivity (Wildman–Crippen MR) is 113 cm³/mol. The van der Waals surface area contributed by atoms with E-state index < -0.39 is 10.0 Å². The Morgan fingerprint density at radius 1 is 1.00 bits per heavy atom. The molecule has 2 aromatic carbocycles. The minimum absolute atomic E-state index is 0.00344. The lowest BCUT2D eigenvalue weighted by Gasteiger charge is -2.26. The smallest absolute Gasteiger partial charge is 0.264 e. The van der Waals surface area contributed by atoms with Crippen LogP contribution in [0.1, 0.15) is 20.8 Å². The first-order valence-corrected chi connectivity index (χ1v) is 10.7. The van der Waals surface area contributed by atoms with E-state index in [1.165, 1.54) is 32.4 Å². The molecule has 1 N–H and O–H groups in total. The van der Waals surface area contributed by atoms with Crippen molar-refractivity contribution in [2.24, 2.45) is 5.92 Å². The SMILES string of the molecule is COc1ccc(S(=O)(=O)N(CC(=O)NC(C)C(C)C)c2ccccc2)cc1OC. The number of nitrogens with one attached hydrogen (secondary N) is 1. The van der Waals surface area contributed by atoms with Crippen LogP contribution in [0.25, 0.3) is 0 Å². The van der Waals surface area contributed by atoms with E-state index in [4.69, 9.17) is 9.47 Å². The summed E-state index contributed by atoms with van der Waals surface area (Å²) in [5, 5.41) is 2.85. The van der Waals surface area contributed by atoms with Gasteiger partial charge in [0.25, 0.3) is 10.0 Å². The molecule has 0 aromatic heterocycles. The molecule has 1 atom stereocenters. The number of carbonyl (C=O) groups excluding carboxylic acids is 1. The summed E-state index contributed by atoms with van der Waals surface area (Å²) in [5.74, 6) is 0.561. The number of rotatable bonds is 9. The molecule has 0 radical (unpaired) electrons. The van der Waals surface area contributed by atoms with E-state index in [9.17, 15) is 13.2 Å². The second kappa shape index (κ2) is 9.65. The zero-order chi connectivity index (χ0) is 21.6. The highest BCUT2D eigenvalue weighted by molar-refractivity contribution is 7.92. The summed E-state index contributed by atoms with van der Waals surface area (Å²) in [4.78, 5) is 12.6. The molecule has 0 heterocycles. The quantitative estimate of drug-likeness (QED) is 0.674. The van der Waals surface area contributed by atoms with E-state index in [-0.39, 0.29) is 29.3 Å². The zero-order valence-corrected chi connectivity index (χ0v) is 18.2. The Balaban J connectivity index is 2.44. The molecular weight excluding hydrogens is 392 g/mol. The molecule has 158 valence electrons. The normalized spacial score (nSPS) is 12.3. The number of sulfonamides is 1. The van der Waals surface area contributed by atoms with Crippen molar-refractivity contribution in [3.05, 3.63) is 48.5 Å². The lowest BCUT2D eigenvalue weighted by atomic mass is 10.1. The number of benzene rings is 2. The fourth-order valence-electron chi connectivity index (χ4n) is 2.61. The third-order valence-corrected chi connectivity index (χ3v) is 6.43.